The molecule has 0 aliphatic rings. The number of nitrogens with zero attached hydrogens (tertiary/aromatic N) is 3. The first-order chi connectivity index (χ1) is 27.7. The smallest absolute Gasteiger partial charge is 0.142 e. The Bertz CT molecular complexity index is 2980. The molecule has 0 bridgehead atoms. The quantitative estimate of drug-likeness (QED) is 0.0886. The van der Waals surface area contributed by atoms with E-state index in [1.807, 2.05) is 53.5 Å². The lowest BCUT2D eigenvalue weighted by Gasteiger charge is -2.26. The molecule has 56 heavy (non-hydrogen) atoms. The summed E-state index contributed by atoms with van der Waals surface area (Å²) < 4.78 is 4.80. The molecule has 268 valence electrons. The minimum absolute atomic E-state index is 0.431. The number of amidine groups is 1. The number of rotatable bonds is 9. The maximum Gasteiger partial charge on any atom is 0.142 e. The molecule has 0 spiro atoms. The minimum Gasteiger partial charge on any atom is -0.309 e. The molecule has 0 saturated carbocycles. The van der Waals surface area contributed by atoms with Gasteiger partial charge < -0.3 is 9.13 Å². The van der Waals surface area contributed by atoms with Crippen molar-refractivity contribution in [2.75, 3.05) is 0 Å². The van der Waals surface area contributed by atoms with Crippen LogP contribution in [0.4, 0.5) is 0 Å². The molecule has 0 amide bonds. The standard InChI is InChI=1S/C51H39N5/c52-51(39-19-9-3-10-20-39)54(53-34-36-15-5-1-6-16-36)35-37-25-28-42(29-26-37)56-48-30-27-40(38-17-7-2-8-18-38)31-44(48)46-32-45-43-23-13-14-24-47(43)55(49(45)33-50(46)56)41-21-11-4-12-22-41/h1-33,52-53H,34-35H2. The van der Waals surface area contributed by atoms with Crippen LogP contribution in [0.2, 0.25) is 0 Å². The highest BCUT2D eigenvalue weighted by Crippen LogP contribution is 2.40. The molecule has 10 rings (SSSR count). The van der Waals surface area contributed by atoms with Gasteiger partial charge >= 0.3 is 0 Å². The maximum atomic E-state index is 9.16. The second kappa shape index (κ2) is 14.2. The van der Waals surface area contributed by atoms with Crippen LogP contribution in [0.25, 0.3) is 66.1 Å². The fourth-order valence-electron chi connectivity index (χ4n) is 8.11. The predicted octanol–water partition coefficient (Wildman–Crippen LogP) is 12.1. The molecular weight excluding hydrogens is 683 g/mol. The number of nitrogens with one attached hydrogen (secondary N) is 2. The Balaban J connectivity index is 1.11. The molecule has 0 atom stereocenters. The van der Waals surface area contributed by atoms with Gasteiger partial charge in [-0.2, -0.15) is 0 Å². The molecule has 10 aromatic rings. The van der Waals surface area contributed by atoms with E-state index in [0.717, 1.165) is 39.1 Å². The number of hydrazine groups is 1. The first-order valence-electron chi connectivity index (χ1n) is 19.1. The summed E-state index contributed by atoms with van der Waals surface area (Å²) in [5, 5.41) is 16.0. The number of hydrogen-bond acceptors (Lipinski definition) is 2. The van der Waals surface area contributed by atoms with Gasteiger partial charge in [-0.05, 0) is 76.9 Å². The van der Waals surface area contributed by atoms with Crippen molar-refractivity contribution in [2.24, 2.45) is 0 Å². The number of benzene rings is 8. The van der Waals surface area contributed by atoms with Crippen LogP contribution in [0.5, 0.6) is 0 Å². The third kappa shape index (κ3) is 6.01. The van der Waals surface area contributed by atoms with E-state index < -0.39 is 0 Å². The van der Waals surface area contributed by atoms with Crippen molar-refractivity contribution in [1.29, 1.82) is 5.41 Å². The molecular formula is C51H39N5. The van der Waals surface area contributed by atoms with Gasteiger partial charge in [0.15, 0.2) is 0 Å². The average molecular weight is 722 g/mol. The predicted molar refractivity (Wildman–Crippen MR) is 233 cm³/mol. The van der Waals surface area contributed by atoms with Crippen molar-refractivity contribution in [1.82, 2.24) is 19.6 Å². The Morgan fingerprint density at radius 1 is 0.429 bits per heavy atom. The van der Waals surface area contributed by atoms with Crippen LogP contribution in [-0.4, -0.2) is 20.0 Å². The van der Waals surface area contributed by atoms with E-state index in [0.29, 0.717) is 18.9 Å². The van der Waals surface area contributed by atoms with Gasteiger partial charge in [0, 0.05) is 45.0 Å². The van der Waals surface area contributed by atoms with E-state index in [1.165, 1.54) is 43.7 Å². The molecule has 8 aromatic carbocycles. The summed E-state index contributed by atoms with van der Waals surface area (Å²) in [4.78, 5) is 0. The van der Waals surface area contributed by atoms with Gasteiger partial charge in [0.05, 0.1) is 28.6 Å². The molecule has 5 nitrogen and oxygen atoms in total. The number of fused-ring (bicyclic) bond motifs is 6. The Hall–Kier alpha value is -7.21. The third-order valence-corrected chi connectivity index (χ3v) is 10.8. The van der Waals surface area contributed by atoms with Gasteiger partial charge in [-0.15, -0.1) is 0 Å². The van der Waals surface area contributed by atoms with E-state index in [9.17, 15) is 0 Å². The summed E-state index contributed by atoms with van der Waals surface area (Å²) >= 11 is 0. The SMILES string of the molecule is N=C(c1ccccc1)N(Cc1ccc(-n2c3ccc(-c4ccccc4)cc3c3cc4c5ccccc5n(-c5ccccc5)c4cc32)cc1)NCc1ccccc1. The molecule has 0 aliphatic carbocycles. The third-order valence-electron chi connectivity index (χ3n) is 10.8. The molecule has 0 saturated heterocycles. The molecule has 2 N–H and O–H groups in total. The van der Waals surface area contributed by atoms with E-state index in [-0.39, 0.29) is 0 Å². The van der Waals surface area contributed by atoms with E-state index >= 15 is 0 Å². The molecule has 0 fully saturated rings. The Kier molecular flexibility index (Phi) is 8.47. The maximum absolute atomic E-state index is 9.16. The first kappa shape index (κ1) is 33.4. The van der Waals surface area contributed by atoms with Crippen LogP contribution in [0.3, 0.4) is 0 Å². The molecule has 0 unspecified atom stereocenters. The number of para-hydroxylation sites is 2. The highest BCUT2D eigenvalue weighted by molar-refractivity contribution is 6.19. The molecule has 5 heteroatoms. The fraction of sp³-hybridized carbons (Fsp3) is 0.0392. The van der Waals surface area contributed by atoms with Crippen LogP contribution in [0.1, 0.15) is 16.7 Å². The summed E-state index contributed by atoms with van der Waals surface area (Å²) in [6.07, 6.45) is 0. The van der Waals surface area contributed by atoms with Crippen molar-refractivity contribution in [3.63, 3.8) is 0 Å². The van der Waals surface area contributed by atoms with Crippen LogP contribution in [-0.2, 0) is 13.1 Å². The van der Waals surface area contributed by atoms with Gasteiger partial charge in [0.2, 0.25) is 0 Å². The summed E-state index contributed by atoms with van der Waals surface area (Å²) in [6, 6.07) is 70.8. The highest BCUT2D eigenvalue weighted by Gasteiger charge is 2.20. The summed E-state index contributed by atoms with van der Waals surface area (Å²) in [7, 11) is 0. The van der Waals surface area contributed by atoms with Gasteiger partial charge in [0.1, 0.15) is 5.84 Å². The van der Waals surface area contributed by atoms with Crippen LogP contribution in [0.15, 0.2) is 200 Å². The largest absolute Gasteiger partial charge is 0.309 e. The van der Waals surface area contributed by atoms with Crippen molar-refractivity contribution in [3.8, 4) is 22.5 Å². The second-order valence-corrected chi connectivity index (χ2v) is 14.3. The zero-order valence-corrected chi connectivity index (χ0v) is 30.8. The Labute approximate surface area is 325 Å². The normalized spacial score (nSPS) is 11.5. The van der Waals surface area contributed by atoms with Crippen LogP contribution in [0, 0.1) is 5.41 Å². The zero-order valence-electron chi connectivity index (χ0n) is 30.8. The van der Waals surface area contributed by atoms with Gasteiger partial charge in [-0.1, -0.05) is 146 Å². The lowest BCUT2D eigenvalue weighted by molar-refractivity contribution is 0.294. The molecule has 2 heterocycles. The Morgan fingerprint density at radius 2 is 0.982 bits per heavy atom. The Morgan fingerprint density at radius 3 is 1.70 bits per heavy atom. The average Bonchev–Trinajstić information content (AvgIpc) is 3.77. The highest BCUT2D eigenvalue weighted by atomic mass is 15.5. The second-order valence-electron chi connectivity index (χ2n) is 14.3. The number of aromatic nitrogens is 2. The van der Waals surface area contributed by atoms with Crippen molar-refractivity contribution >= 4 is 49.4 Å². The first-order valence-corrected chi connectivity index (χ1v) is 19.1. The topological polar surface area (TPSA) is 49.0 Å². The molecule has 2 aromatic heterocycles. The minimum atomic E-state index is 0.431. The van der Waals surface area contributed by atoms with Gasteiger partial charge in [0.25, 0.3) is 0 Å². The summed E-state index contributed by atoms with van der Waals surface area (Å²) in [5.41, 5.74) is 16.0. The van der Waals surface area contributed by atoms with Gasteiger partial charge in [-0.25, -0.2) is 5.43 Å². The summed E-state index contributed by atoms with van der Waals surface area (Å²) in [6.45, 7) is 1.15. The van der Waals surface area contributed by atoms with Crippen LogP contribution < -0.4 is 5.43 Å². The van der Waals surface area contributed by atoms with E-state index in [1.54, 1.807) is 0 Å². The monoisotopic (exact) mass is 721 g/mol. The van der Waals surface area contributed by atoms with E-state index in [2.05, 4.69) is 166 Å². The zero-order chi connectivity index (χ0) is 37.4. The number of hydrogen-bond donors (Lipinski definition) is 2. The fourth-order valence-corrected chi connectivity index (χ4v) is 8.11. The van der Waals surface area contributed by atoms with Gasteiger partial charge in [-0.3, -0.25) is 10.4 Å². The summed E-state index contributed by atoms with van der Waals surface area (Å²) in [5.74, 6) is 0.431. The van der Waals surface area contributed by atoms with Crippen molar-refractivity contribution in [2.45, 2.75) is 13.1 Å². The lowest BCUT2D eigenvalue weighted by atomic mass is 10.0. The van der Waals surface area contributed by atoms with Crippen molar-refractivity contribution in [3.05, 3.63) is 217 Å². The lowest BCUT2D eigenvalue weighted by Crippen LogP contribution is -2.41. The molecule has 0 radical (unpaired) electrons. The molecule has 0 aliphatic heterocycles. The van der Waals surface area contributed by atoms with E-state index in [4.69, 9.17) is 5.41 Å². The van der Waals surface area contributed by atoms with Crippen molar-refractivity contribution < 1.29 is 0 Å². The van der Waals surface area contributed by atoms with Crippen LogP contribution >= 0.6 is 0 Å².